The van der Waals surface area contributed by atoms with Gasteiger partial charge in [0.15, 0.2) is 5.78 Å². The van der Waals surface area contributed by atoms with Crippen LogP contribution in [-0.4, -0.2) is 47.2 Å². The Balaban J connectivity index is 1.85. The van der Waals surface area contributed by atoms with Crippen LogP contribution in [0.3, 0.4) is 0 Å². The van der Waals surface area contributed by atoms with Gasteiger partial charge in [-0.2, -0.15) is 13.2 Å². The Morgan fingerprint density at radius 3 is 2.53 bits per heavy atom. The van der Waals surface area contributed by atoms with Crippen LogP contribution >= 0.6 is 0 Å². The van der Waals surface area contributed by atoms with Crippen LogP contribution in [0, 0.1) is 0 Å². The van der Waals surface area contributed by atoms with Gasteiger partial charge in [-0.25, -0.2) is 17.7 Å². The van der Waals surface area contributed by atoms with Crippen LogP contribution in [0.25, 0.3) is 0 Å². The van der Waals surface area contributed by atoms with Crippen LogP contribution in [-0.2, 0) is 28.2 Å². The van der Waals surface area contributed by atoms with Crippen LogP contribution in [0.15, 0.2) is 41.8 Å². The molecule has 30 heavy (non-hydrogen) atoms. The number of hydrogen-bond acceptors (Lipinski definition) is 7. The zero-order valence-corrected chi connectivity index (χ0v) is 16.8. The molecule has 0 aliphatic carbocycles. The van der Waals surface area contributed by atoms with Crippen LogP contribution in [0.2, 0.25) is 0 Å². The topological polar surface area (TPSA) is 119 Å². The molecule has 0 saturated carbocycles. The number of hydrogen-bond donors (Lipinski definition) is 1. The summed E-state index contributed by atoms with van der Waals surface area (Å²) in [4.78, 5) is 24.3. The number of nitrogens with two attached hydrogens (primary N) is 1. The summed E-state index contributed by atoms with van der Waals surface area (Å²) in [6, 6.07) is 3.38. The summed E-state index contributed by atoms with van der Waals surface area (Å²) in [5, 5.41) is 0. The number of pyridine rings is 2. The maximum atomic E-state index is 12.6. The second-order valence-corrected chi connectivity index (χ2v) is 9.08. The summed E-state index contributed by atoms with van der Waals surface area (Å²) < 4.78 is 63.5. The first-order chi connectivity index (χ1) is 13.8. The predicted octanol–water partition coefficient (Wildman–Crippen LogP) is 1.73. The molecule has 0 aromatic carbocycles. The Hall–Kier alpha value is -3.02. The lowest BCUT2D eigenvalue weighted by atomic mass is 9.94. The summed E-state index contributed by atoms with van der Waals surface area (Å²) >= 11 is 0. The predicted molar refractivity (Wildman–Crippen MR) is 102 cm³/mol. The number of sulfonamides is 1. The molecule has 0 fully saturated rings. The minimum absolute atomic E-state index is 0.122. The second-order valence-electron chi connectivity index (χ2n) is 7.08. The van der Waals surface area contributed by atoms with E-state index in [0.717, 1.165) is 16.4 Å². The molecule has 2 N–H and O–H groups in total. The fourth-order valence-corrected chi connectivity index (χ4v) is 4.44. The standard InChI is InChI=1S/C18H18F3N5O3S/c1-17(10-30(28,29)26(2)16(22)25-17)13-5-11(7-23-8-13)6-15(27)14-4-3-12(9-24-14)18(19,20)21/h3-5,7-9H,6,10H2,1-2H3,(H2,22,25)/t17-/m0/s1. The fraction of sp³-hybridized carbons (Fsp3) is 0.333. The number of halogens is 3. The third-order valence-corrected chi connectivity index (χ3v) is 6.67. The van der Waals surface area contributed by atoms with E-state index in [1.165, 1.54) is 19.4 Å². The van der Waals surface area contributed by atoms with Gasteiger partial charge in [0.05, 0.1) is 11.3 Å². The van der Waals surface area contributed by atoms with Gasteiger partial charge in [0.25, 0.3) is 0 Å². The molecule has 0 saturated heterocycles. The Labute approximate surface area is 170 Å². The van der Waals surface area contributed by atoms with E-state index in [2.05, 4.69) is 15.0 Å². The first-order valence-corrected chi connectivity index (χ1v) is 10.3. The molecule has 2 aromatic rings. The van der Waals surface area contributed by atoms with Crippen molar-refractivity contribution in [1.82, 2.24) is 14.3 Å². The lowest BCUT2D eigenvalue weighted by Crippen LogP contribution is -2.50. The van der Waals surface area contributed by atoms with E-state index < -0.39 is 33.1 Å². The molecule has 8 nitrogen and oxygen atoms in total. The average molecular weight is 441 g/mol. The molecule has 3 rings (SSSR count). The monoisotopic (exact) mass is 441 g/mol. The largest absolute Gasteiger partial charge is 0.417 e. The maximum Gasteiger partial charge on any atom is 0.417 e. The molecule has 0 spiro atoms. The molecule has 1 aliphatic heterocycles. The summed E-state index contributed by atoms with van der Waals surface area (Å²) in [5.74, 6) is -1.01. The zero-order chi connectivity index (χ0) is 22.3. The van der Waals surface area contributed by atoms with Crippen molar-refractivity contribution in [3.8, 4) is 0 Å². The quantitative estimate of drug-likeness (QED) is 0.722. The van der Waals surface area contributed by atoms with Gasteiger partial charge in [0.1, 0.15) is 11.2 Å². The highest BCUT2D eigenvalue weighted by atomic mass is 32.2. The molecule has 2 aromatic heterocycles. The minimum atomic E-state index is -4.54. The number of ketones is 1. The normalized spacial score (nSPS) is 21.2. The van der Waals surface area contributed by atoms with Crippen LogP contribution in [0.1, 0.15) is 34.1 Å². The molecule has 0 unspecified atom stereocenters. The van der Waals surface area contributed by atoms with Gasteiger partial charge < -0.3 is 5.73 Å². The molecule has 3 heterocycles. The van der Waals surface area contributed by atoms with E-state index in [-0.39, 0.29) is 23.8 Å². The number of rotatable bonds is 4. The molecule has 160 valence electrons. The third kappa shape index (κ3) is 4.27. The van der Waals surface area contributed by atoms with E-state index in [1.807, 2.05) is 0 Å². The van der Waals surface area contributed by atoms with E-state index in [4.69, 9.17) is 5.73 Å². The van der Waals surface area contributed by atoms with Gasteiger partial charge in [-0.3, -0.25) is 14.8 Å². The summed E-state index contributed by atoms with van der Waals surface area (Å²) in [6.45, 7) is 1.59. The molecule has 0 radical (unpaired) electrons. The van der Waals surface area contributed by atoms with Gasteiger partial charge >= 0.3 is 6.18 Å². The number of guanidine groups is 1. The molecule has 12 heteroatoms. The Morgan fingerprint density at radius 2 is 1.97 bits per heavy atom. The SMILES string of the molecule is CN1C(N)=N[C@](C)(c2cncc(CC(=O)c3ccc(C(F)(F)F)cn3)c2)CS1(=O)=O. The first kappa shape index (κ1) is 21.7. The van der Waals surface area contributed by atoms with Crippen molar-refractivity contribution < 1.29 is 26.4 Å². The van der Waals surface area contributed by atoms with Gasteiger partial charge in [-0.1, -0.05) is 0 Å². The lowest BCUT2D eigenvalue weighted by molar-refractivity contribution is -0.137. The van der Waals surface area contributed by atoms with Crippen LogP contribution in [0.5, 0.6) is 0 Å². The highest BCUT2D eigenvalue weighted by Crippen LogP contribution is 2.32. The lowest BCUT2D eigenvalue weighted by Gasteiger charge is -2.34. The molecule has 0 bridgehead atoms. The summed E-state index contributed by atoms with van der Waals surface area (Å²) in [6.07, 6.45) is -1.28. The first-order valence-electron chi connectivity index (χ1n) is 8.65. The number of aromatic nitrogens is 2. The zero-order valence-electron chi connectivity index (χ0n) is 16.0. The molecular formula is C18H18F3N5O3S. The number of nitrogens with zero attached hydrogens (tertiary/aromatic N) is 4. The van der Waals surface area contributed by atoms with Crippen LogP contribution in [0.4, 0.5) is 13.2 Å². The number of Topliss-reactive ketones (excluding diaryl/α,β-unsaturated/α-hetero) is 1. The van der Waals surface area contributed by atoms with E-state index in [9.17, 15) is 26.4 Å². The van der Waals surface area contributed by atoms with Crippen molar-refractivity contribution in [2.45, 2.75) is 25.1 Å². The van der Waals surface area contributed by atoms with E-state index >= 15 is 0 Å². The summed E-state index contributed by atoms with van der Waals surface area (Å²) in [5.41, 5.74) is 4.34. The maximum absolute atomic E-state index is 12.6. The van der Waals surface area contributed by atoms with E-state index in [1.54, 1.807) is 13.0 Å². The average Bonchev–Trinajstić information content (AvgIpc) is 2.65. The minimum Gasteiger partial charge on any atom is -0.369 e. The molecule has 1 aliphatic rings. The van der Waals surface area contributed by atoms with Crippen LogP contribution < -0.4 is 5.73 Å². The Morgan fingerprint density at radius 1 is 1.27 bits per heavy atom. The van der Waals surface area contributed by atoms with Crippen molar-refractivity contribution in [3.63, 3.8) is 0 Å². The van der Waals surface area contributed by atoms with Crippen molar-refractivity contribution >= 4 is 21.8 Å². The highest BCUT2D eigenvalue weighted by Gasteiger charge is 2.40. The van der Waals surface area contributed by atoms with Gasteiger partial charge in [0, 0.05) is 32.1 Å². The molecule has 0 amide bonds. The van der Waals surface area contributed by atoms with Crippen molar-refractivity contribution in [2.24, 2.45) is 10.7 Å². The molecular weight excluding hydrogens is 423 g/mol. The van der Waals surface area contributed by atoms with Gasteiger partial charge in [0.2, 0.25) is 16.0 Å². The fourth-order valence-electron chi connectivity index (χ4n) is 2.98. The number of aliphatic imine (C=N–C) groups is 1. The van der Waals surface area contributed by atoms with Gasteiger partial charge in [-0.05, 0) is 36.2 Å². The second kappa shape index (κ2) is 7.35. The number of carbonyl (C=O) groups is 1. The Kier molecular flexibility index (Phi) is 5.31. The highest BCUT2D eigenvalue weighted by molar-refractivity contribution is 7.89. The van der Waals surface area contributed by atoms with Crippen molar-refractivity contribution in [2.75, 3.05) is 12.8 Å². The number of alkyl halides is 3. The number of carbonyl (C=O) groups excluding carboxylic acids is 1. The third-order valence-electron chi connectivity index (χ3n) is 4.72. The van der Waals surface area contributed by atoms with Crippen molar-refractivity contribution in [3.05, 3.63) is 59.2 Å². The van der Waals surface area contributed by atoms with E-state index in [0.29, 0.717) is 17.3 Å². The smallest absolute Gasteiger partial charge is 0.369 e. The Bertz CT molecular complexity index is 1120. The van der Waals surface area contributed by atoms with Crippen molar-refractivity contribution in [1.29, 1.82) is 0 Å². The van der Waals surface area contributed by atoms with Gasteiger partial charge in [-0.15, -0.1) is 0 Å². The summed E-state index contributed by atoms with van der Waals surface area (Å²) in [7, 11) is -2.38. The molecule has 1 atom stereocenters.